The number of imidazole rings is 1. The van der Waals surface area contributed by atoms with E-state index in [0.717, 1.165) is 59.4 Å². The molecule has 1 saturated heterocycles. The average molecular weight is 403 g/mol. The predicted molar refractivity (Wildman–Crippen MR) is 117 cm³/mol. The number of likely N-dealkylation sites (tertiary alicyclic amines) is 1. The highest BCUT2D eigenvalue weighted by atomic mass is 16.5. The van der Waals surface area contributed by atoms with Gasteiger partial charge in [-0.1, -0.05) is 0 Å². The van der Waals surface area contributed by atoms with E-state index in [4.69, 9.17) is 10.5 Å². The molecule has 1 aliphatic rings. The maximum atomic E-state index is 6.19. The molecule has 0 unspecified atom stereocenters. The Morgan fingerprint density at radius 3 is 2.77 bits per heavy atom. The molecule has 1 aliphatic heterocycles. The number of hydrogen-bond acceptors (Lipinski definition) is 6. The number of benzene rings is 1. The van der Waals surface area contributed by atoms with Crippen LogP contribution in [-0.4, -0.2) is 56.9 Å². The fourth-order valence-electron chi connectivity index (χ4n) is 4.01. The Hall–Kier alpha value is -3.39. The van der Waals surface area contributed by atoms with Crippen LogP contribution in [0.1, 0.15) is 18.9 Å². The van der Waals surface area contributed by atoms with Crippen molar-refractivity contribution in [3.63, 3.8) is 0 Å². The Labute approximate surface area is 174 Å². The van der Waals surface area contributed by atoms with Crippen molar-refractivity contribution < 1.29 is 4.74 Å². The highest BCUT2D eigenvalue weighted by Gasteiger charge is 2.19. The molecule has 0 saturated carbocycles. The van der Waals surface area contributed by atoms with E-state index in [2.05, 4.69) is 42.9 Å². The molecule has 0 radical (unpaired) electrons. The summed E-state index contributed by atoms with van der Waals surface area (Å²) in [5.41, 5.74) is 10.7. The third-order valence-electron chi connectivity index (χ3n) is 5.86. The summed E-state index contributed by atoms with van der Waals surface area (Å²) in [5, 5.41) is 4.62. The number of nitrogens with two attached hydrogens (primary N) is 1. The van der Waals surface area contributed by atoms with Gasteiger partial charge in [-0.05, 0) is 51.2 Å². The van der Waals surface area contributed by atoms with Crippen LogP contribution in [0, 0.1) is 0 Å². The number of fused-ring (bicyclic) bond motifs is 1. The minimum absolute atomic E-state index is 0.437. The molecule has 4 heterocycles. The van der Waals surface area contributed by atoms with E-state index in [9.17, 15) is 0 Å². The van der Waals surface area contributed by atoms with Crippen molar-refractivity contribution in [3.8, 4) is 28.3 Å². The van der Waals surface area contributed by atoms with E-state index < -0.39 is 0 Å². The molecule has 3 aromatic heterocycles. The predicted octanol–water partition coefficient (Wildman–Crippen LogP) is 3.35. The lowest BCUT2D eigenvalue weighted by Gasteiger charge is -2.28. The normalized spacial score (nSPS) is 15.7. The summed E-state index contributed by atoms with van der Waals surface area (Å²) in [4.78, 5) is 14.8. The first kappa shape index (κ1) is 18.6. The van der Waals surface area contributed by atoms with E-state index in [1.807, 2.05) is 30.5 Å². The van der Waals surface area contributed by atoms with Crippen molar-refractivity contribution in [3.05, 3.63) is 42.9 Å². The fraction of sp³-hybridized carbons (Fsp3) is 0.318. The van der Waals surface area contributed by atoms with E-state index in [0.29, 0.717) is 17.7 Å². The molecule has 154 valence electrons. The fourth-order valence-corrected chi connectivity index (χ4v) is 4.01. The summed E-state index contributed by atoms with van der Waals surface area (Å²) < 4.78 is 7.39. The minimum Gasteiger partial charge on any atom is -0.497 e. The first-order valence-electron chi connectivity index (χ1n) is 10.1. The summed E-state index contributed by atoms with van der Waals surface area (Å²) in [6, 6.07) is 8.20. The second-order valence-electron chi connectivity index (χ2n) is 7.87. The number of piperidine rings is 1. The van der Waals surface area contributed by atoms with Gasteiger partial charge in [0, 0.05) is 29.6 Å². The summed E-state index contributed by atoms with van der Waals surface area (Å²) in [7, 11) is 3.82. The van der Waals surface area contributed by atoms with Crippen LogP contribution in [0.15, 0.2) is 42.9 Å². The number of ether oxygens (including phenoxy) is 1. The third kappa shape index (κ3) is 3.39. The quantitative estimate of drug-likeness (QED) is 0.542. The molecule has 5 rings (SSSR count). The molecule has 4 aromatic rings. The van der Waals surface area contributed by atoms with Crippen molar-refractivity contribution in [2.45, 2.75) is 18.9 Å². The monoisotopic (exact) mass is 403 g/mol. The third-order valence-corrected chi connectivity index (χ3v) is 5.86. The first-order valence-corrected chi connectivity index (χ1v) is 10.1. The number of nitrogens with zero attached hydrogens (tertiary/aromatic N) is 5. The summed E-state index contributed by atoms with van der Waals surface area (Å²) in [6.07, 6.45) is 8.03. The lowest BCUT2D eigenvalue weighted by atomic mass is 10.1. The molecule has 30 heavy (non-hydrogen) atoms. The van der Waals surface area contributed by atoms with Crippen molar-refractivity contribution in [2.75, 3.05) is 33.0 Å². The zero-order valence-electron chi connectivity index (χ0n) is 17.2. The van der Waals surface area contributed by atoms with Crippen LogP contribution in [0.5, 0.6) is 5.75 Å². The van der Waals surface area contributed by atoms with Gasteiger partial charge in [-0.2, -0.15) is 5.10 Å². The molecular weight excluding hydrogens is 378 g/mol. The van der Waals surface area contributed by atoms with Gasteiger partial charge in [-0.25, -0.2) is 9.97 Å². The highest BCUT2D eigenvalue weighted by Crippen LogP contribution is 2.31. The Bertz CT molecular complexity index is 1190. The van der Waals surface area contributed by atoms with Gasteiger partial charge in [0.2, 0.25) is 0 Å². The smallest absolute Gasteiger partial charge is 0.142 e. The number of aromatic amines is 1. The van der Waals surface area contributed by atoms with Gasteiger partial charge >= 0.3 is 0 Å². The summed E-state index contributed by atoms with van der Waals surface area (Å²) in [6.45, 7) is 2.20. The maximum absolute atomic E-state index is 6.19. The average Bonchev–Trinajstić information content (AvgIpc) is 3.41. The SMILES string of the molecule is COc1ccc2nc(-c3cc(-c4cnn(C5CCN(C)CC5)c4)cnc3N)[nH]c2c1. The number of methoxy groups -OCH3 is 1. The Morgan fingerprint density at radius 2 is 1.97 bits per heavy atom. The lowest BCUT2D eigenvalue weighted by molar-refractivity contribution is 0.212. The van der Waals surface area contributed by atoms with Crippen molar-refractivity contribution in [1.29, 1.82) is 0 Å². The molecule has 8 nitrogen and oxygen atoms in total. The molecule has 0 amide bonds. The maximum Gasteiger partial charge on any atom is 0.142 e. The van der Waals surface area contributed by atoms with Gasteiger partial charge in [-0.15, -0.1) is 0 Å². The molecule has 1 fully saturated rings. The first-order chi connectivity index (χ1) is 14.6. The van der Waals surface area contributed by atoms with Crippen molar-refractivity contribution in [1.82, 2.24) is 29.6 Å². The highest BCUT2D eigenvalue weighted by molar-refractivity contribution is 5.84. The number of H-pyrrole nitrogens is 1. The summed E-state index contributed by atoms with van der Waals surface area (Å²) >= 11 is 0. The van der Waals surface area contributed by atoms with Crippen LogP contribution >= 0.6 is 0 Å². The molecule has 0 bridgehead atoms. The number of nitrogens with one attached hydrogen (secondary N) is 1. The Morgan fingerprint density at radius 1 is 1.13 bits per heavy atom. The van der Waals surface area contributed by atoms with Crippen LogP contribution < -0.4 is 10.5 Å². The molecule has 3 N–H and O–H groups in total. The zero-order valence-corrected chi connectivity index (χ0v) is 17.2. The largest absolute Gasteiger partial charge is 0.497 e. The minimum atomic E-state index is 0.437. The van der Waals surface area contributed by atoms with Crippen LogP contribution in [0.3, 0.4) is 0 Å². The lowest BCUT2D eigenvalue weighted by Crippen LogP contribution is -2.31. The van der Waals surface area contributed by atoms with E-state index in [1.165, 1.54) is 0 Å². The Kier molecular flexibility index (Phi) is 4.63. The molecule has 0 spiro atoms. The van der Waals surface area contributed by atoms with Crippen molar-refractivity contribution in [2.24, 2.45) is 0 Å². The summed E-state index contributed by atoms with van der Waals surface area (Å²) in [5.74, 6) is 1.90. The topological polar surface area (TPSA) is 97.9 Å². The van der Waals surface area contributed by atoms with Gasteiger partial charge < -0.3 is 20.4 Å². The molecule has 8 heteroatoms. The Balaban J connectivity index is 1.47. The van der Waals surface area contributed by atoms with Gasteiger partial charge in [-0.3, -0.25) is 4.68 Å². The molecule has 0 atom stereocenters. The van der Waals surface area contributed by atoms with Crippen molar-refractivity contribution >= 4 is 16.9 Å². The van der Waals surface area contributed by atoms with Crippen LogP contribution in [0.25, 0.3) is 33.5 Å². The van der Waals surface area contributed by atoms with Gasteiger partial charge in [0.15, 0.2) is 0 Å². The number of anilines is 1. The molecule has 1 aromatic carbocycles. The van der Waals surface area contributed by atoms with Crippen LogP contribution in [0.2, 0.25) is 0 Å². The number of hydrogen-bond donors (Lipinski definition) is 2. The van der Waals surface area contributed by atoms with Crippen LogP contribution in [-0.2, 0) is 0 Å². The van der Waals surface area contributed by atoms with E-state index in [1.54, 1.807) is 13.3 Å². The standard InChI is InChI=1S/C22H25N7O/c1-28-7-5-16(6-8-28)29-13-15(12-25-29)14-9-18(21(23)24-11-14)22-26-19-4-3-17(30-2)10-20(19)27-22/h3-4,9-13,16H,5-8H2,1-2H3,(H2,23,24)(H,26,27). The van der Waals surface area contributed by atoms with Gasteiger partial charge in [0.25, 0.3) is 0 Å². The second kappa shape index (κ2) is 7.46. The number of nitrogen functional groups attached to an aromatic ring is 1. The molecular formula is C22H25N7O. The van der Waals surface area contributed by atoms with Gasteiger partial charge in [0.05, 0.1) is 35.9 Å². The van der Waals surface area contributed by atoms with E-state index >= 15 is 0 Å². The number of rotatable bonds is 4. The second-order valence-corrected chi connectivity index (χ2v) is 7.87. The number of pyridine rings is 1. The van der Waals surface area contributed by atoms with Gasteiger partial charge in [0.1, 0.15) is 17.4 Å². The molecule has 0 aliphatic carbocycles. The van der Waals surface area contributed by atoms with E-state index in [-0.39, 0.29) is 0 Å². The zero-order chi connectivity index (χ0) is 20.7. The number of aromatic nitrogens is 5. The van der Waals surface area contributed by atoms with Crippen LogP contribution in [0.4, 0.5) is 5.82 Å².